The van der Waals surface area contributed by atoms with Gasteiger partial charge in [0.2, 0.25) is 0 Å². The van der Waals surface area contributed by atoms with Crippen LogP contribution in [0.15, 0.2) is 91.0 Å². The van der Waals surface area contributed by atoms with Gasteiger partial charge in [-0.1, -0.05) is 91.0 Å². The number of nitrogens with zero attached hydrogens (tertiary/aromatic N) is 1. The molecule has 0 aliphatic heterocycles. The van der Waals surface area contributed by atoms with E-state index in [1.54, 1.807) is 4.90 Å². The minimum Gasteiger partial charge on any atom is -0.395 e. The van der Waals surface area contributed by atoms with Gasteiger partial charge in [0.05, 0.1) is 12.6 Å². The highest BCUT2D eigenvalue weighted by atomic mass is 16.3. The molecule has 0 aromatic heterocycles. The Balaban J connectivity index is 1.81. The van der Waals surface area contributed by atoms with Gasteiger partial charge in [-0.3, -0.25) is 0 Å². The standard InChI is InChI=1S/C23H24N2O2/c26-17-16-25(18-19-10-4-1-5-11-19)23(27)24-22(20-12-6-2-7-13-20)21-14-8-3-9-15-21/h1-15,22,26H,16-18H2,(H,24,27). The van der Waals surface area contributed by atoms with E-state index < -0.39 is 0 Å². The molecular weight excluding hydrogens is 336 g/mol. The van der Waals surface area contributed by atoms with E-state index in [9.17, 15) is 9.90 Å². The Labute approximate surface area is 160 Å². The molecule has 0 aliphatic carbocycles. The Morgan fingerprint density at radius 2 is 1.30 bits per heavy atom. The highest BCUT2D eigenvalue weighted by Crippen LogP contribution is 2.22. The van der Waals surface area contributed by atoms with Crippen LogP contribution in [-0.2, 0) is 6.54 Å². The fourth-order valence-corrected chi connectivity index (χ4v) is 3.04. The van der Waals surface area contributed by atoms with Crippen molar-refractivity contribution in [3.63, 3.8) is 0 Å². The van der Waals surface area contributed by atoms with Gasteiger partial charge < -0.3 is 15.3 Å². The van der Waals surface area contributed by atoms with Crippen molar-refractivity contribution in [1.29, 1.82) is 0 Å². The quantitative estimate of drug-likeness (QED) is 0.670. The molecule has 4 nitrogen and oxygen atoms in total. The topological polar surface area (TPSA) is 52.6 Å². The highest BCUT2D eigenvalue weighted by Gasteiger charge is 2.20. The molecule has 0 aliphatic rings. The van der Waals surface area contributed by atoms with Gasteiger partial charge in [-0.15, -0.1) is 0 Å². The molecule has 0 radical (unpaired) electrons. The molecule has 4 heteroatoms. The summed E-state index contributed by atoms with van der Waals surface area (Å²) in [4.78, 5) is 14.6. The van der Waals surface area contributed by atoms with E-state index in [1.165, 1.54) is 0 Å². The summed E-state index contributed by atoms with van der Waals surface area (Å²) in [5.74, 6) is 0. The Hall–Kier alpha value is -3.11. The molecule has 0 heterocycles. The number of nitrogens with one attached hydrogen (secondary N) is 1. The third-order valence-electron chi connectivity index (χ3n) is 4.41. The number of hydrogen-bond acceptors (Lipinski definition) is 2. The molecule has 0 saturated heterocycles. The zero-order valence-corrected chi connectivity index (χ0v) is 15.2. The summed E-state index contributed by atoms with van der Waals surface area (Å²) >= 11 is 0. The molecule has 138 valence electrons. The molecule has 2 amide bonds. The Morgan fingerprint density at radius 1 is 0.815 bits per heavy atom. The number of amides is 2. The Bertz CT molecular complexity index is 783. The van der Waals surface area contributed by atoms with E-state index in [0.29, 0.717) is 6.54 Å². The van der Waals surface area contributed by atoms with Gasteiger partial charge in [-0.25, -0.2) is 4.79 Å². The van der Waals surface area contributed by atoms with Gasteiger partial charge in [0.1, 0.15) is 0 Å². The third kappa shape index (κ3) is 5.19. The molecule has 0 unspecified atom stereocenters. The lowest BCUT2D eigenvalue weighted by Crippen LogP contribution is -2.42. The monoisotopic (exact) mass is 360 g/mol. The Morgan fingerprint density at radius 3 is 1.78 bits per heavy atom. The lowest BCUT2D eigenvalue weighted by atomic mass is 9.99. The summed E-state index contributed by atoms with van der Waals surface area (Å²) in [7, 11) is 0. The molecule has 0 saturated carbocycles. The zero-order valence-electron chi connectivity index (χ0n) is 15.2. The molecule has 0 fully saturated rings. The van der Waals surface area contributed by atoms with Crippen molar-refractivity contribution >= 4 is 6.03 Å². The second-order valence-corrected chi connectivity index (χ2v) is 6.33. The van der Waals surface area contributed by atoms with Gasteiger partial charge in [-0.2, -0.15) is 0 Å². The van der Waals surface area contributed by atoms with Crippen molar-refractivity contribution in [2.75, 3.05) is 13.2 Å². The number of benzene rings is 3. The molecule has 3 aromatic carbocycles. The minimum atomic E-state index is -0.253. The molecule has 3 rings (SSSR count). The molecule has 0 bridgehead atoms. The van der Waals surface area contributed by atoms with Crippen LogP contribution < -0.4 is 5.32 Å². The maximum Gasteiger partial charge on any atom is 0.318 e. The molecule has 27 heavy (non-hydrogen) atoms. The molecule has 2 N–H and O–H groups in total. The van der Waals surface area contributed by atoms with Gasteiger partial charge in [0.25, 0.3) is 0 Å². The van der Waals surface area contributed by atoms with Gasteiger partial charge in [-0.05, 0) is 16.7 Å². The summed E-state index contributed by atoms with van der Waals surface area (Å²) in [6, 6.07) is 29.1. The number of carbonyl (C=O) groups is 1. The van der Waals surface area contributed by atoms with Gasteiger partial charge in [0.15, 0.2) is 0 Å². The average molecular weight is 360 g/mol. The summed E-state index contributed by atoms with van der Waals surface area (Å²) in [5.41, 5.74) is 3.05. The van der Waals surface area contributed by atoms with Crippen molar-refractivity contribution in [3.05, 3.63) is 108 Å². The first-order valence-corrected chi connectivity index (χ1v) is 9.08. The first-order valence-electron chi connectivity index (χ1n) is 9.08. The maximum atomic E-state index is 13.0. The van der Waals surface area contributed by atoms with Crippen molar-refractivity contribution in [3.8, 4) is 0 Å². The van der Waals surface area contributed by atoms with Crippen LogP contribution in [0.25, 0.3) is 0 Å². The zero-order chi connectivity index (χ0) is 18.9. The molecule has 0 spiro atoms. The van der Waals surface area contributed by atoms with E-state index in [0.717, 1.165) is 16.7 Å². The normalized spacial score (nSPS) is 10.6. The van der Waals surface area contributed by atoms with Crippen LogP contribution in [0.3, 0.4) is 0 Å². The lowest BCUT2D eigenvalue weighted by Gasteiger charge is -2.27. The SMILES string of the molecule is O=C(NC(c1ccccc1)c1ccccc1)N(CCO)Cc1ccccc1. The van der Waals surface area contributed by atoms with Crippen molar-refractivity contribution in [1.82, 2.24) is 10.2 Å². The van der Waals surface area contributed by atoms with Crippen LogP contribution in [0.2, 0.25) is 0 Å². The smallest absolute Gasteiger partial charge is 0.318 e. The van der Waals surface area contributed by atoms with Crippen LogP contribution in [0.4, 0.5) is 4.79 Å². The van der Waals surface area contributed by atoms with Crippen molar-refractivity contribution < 1.29 is 9.90 Å². The van der Waals surface area contributed by atoms with Crippen LogP contribution in [0.1, 0.15) is 22.7 Å². The number of urea groups is 1. The molecular formula is C23H24N2O2. The summed E-state index contributed by atoms with van der Waals surface area (Å²) in [5, 5.41) is 12.5. The van der Waals surface area contributed by atoms with E-state index >= 15 is 0 Å². The van der Waals surface area contributed by atoms with Crippen LogP contribution in [-0.4, -0.2) is 29.2 Å². The average Bonchev–Trinajstić information content (AvgIpc) is 2.73. The van der Waals surface area contributed by atoms with Gasteiger partial charge >= 0.3 is 6.03 Å². The number of hydrogen-bond donors (Lipinski definition) is 2. The minimum absolute atomic E-state index is 0.0818. The van der Waals surface area contributed by atoms with Crippen LogP contribution in [0.5, 0.6) is 0 Å². The summed E-state index contributed by atoms with van der Waals surface area (Å²) in [6.07, 6.45) is 0. The van der Waals surface area contributed by atoms with E-state index in [1.807, 2.05) is 91.0 Å². The second kappa shape index (κ2) is 9.55. The molecule has 0 atom stereocenters. The van der Waals surface area contributed by atoms with Gasteiger partial charge in [0, 0.05) is 13.1 Å². The third-order valence-corrected chi connectivity index (χ3v) is 4.41. The number of aliphatic hydroxyl groups excluding tert-OH is 1. The predicted molar refractivity (Wildman–Crippen MR) is 107 cm³/mol. The van der Waals surface area contributed by atoms with Crippen molar-refractivity contribution in [2.45, 2.75) is 12.6 Å². The first kappa shape index (κ1) is 18.7. The van der Waals surface area contributed by atoms with Crippen molar-refractivity contribution in [2.24, 2.45) is 0 Å². The van der Waals surface area contributed by atoms with Crippen LogP contribution >= 0.6 is 0 Å². The summed E-state index contributed by atoms with van der Waals surface area (Å²) < 4.78 is 0. The van der Waals surface area contributed by atoms with Crippen LogP contribution in [0, 0.1) is 0 Å². The number of carbonyl (C=O) groups excluding carboxylic acids is 1. The Kier molecular flexibility index (Phi) is 6.61. The molecule has 3 aromatic rings. The lowest BCUT2D eigenvalue weighted by molar-refractivity contribution is 0.172. The maximum absolute atomic E-state index is 13.0. The second-order valence-electron chi connectivity index (χ2n) is 6.33. The fraction of sp³-hybridized carbons (Fsp3) is 0.174. The highest BCUT2D eigenvalue weighted by molar-refractivity contribution is 5.75. The van der Waals surface area contributed by atoms with E-state index in [2.05, 4.69) is 5.32 Å². The number of rotatable bonds is 7. The summed E-state index contributed by atoms with van der Waals surface area (Å²) in [6.45, 7) is 0.641. The van der Waals surface area contributed by atoms with E-state index in [4.69, 9.17) is 0 Å². The number of aliphatic hydroxyl groups is 1. The van der Waals surface area contributed by atoms with E-state index in [-0.39, 0.29) is 25.2 Å². The largest absolute Gasteiger partial charge is 0.395 e. The fourth-order valence-electron chi connectivity index (χ4n) is 3.04. The first-order chi connectivity index (χ1) is 13.3. The predicted octanol–water partition coefficient (Wildman–Crippen LogP) is 3.98.